The van der Waals surface area contributed by atoms with Crippen molar-refractivity contribution in [2.75, 3.05) is 57.7 Å². The van der Waals surface area contributed by atoms with Crippen molar-refractivity contribution in [3.8, 4) is 33.6 Å². The summed E-state index contributed by atoms with van der Waals surface area (Å²) in [4.78, 5) is 27.4. The molecule has 1 aliphatic rings. The lowest BCUT2D eigenvalue weighted by atomic mass is 9.99. The molecule has 1 saturated heterocycles. The molecule has 1 aliphatic heterocycles. The van der Waals surface area contributed by atoms with E-state index in [2.05, 4.69) is 81.5 Å². The van der Waals surface area contributed by atoms with E-state index in [0.717, 1.165) is 89.6 Å². The SMILES string of the molecule is CCN(CC)C(=O)Nc1ccc(-c2nn(C(C)C)cc2-c2ccnc3[nH]c(-c4ccc(CN5CCN(CCO)CC5)cc4)cc23)cc1. The number of rotatable bonds is 11. The van der Waals surface area contributed by atoms with Gasteiger partial charge in [-0.1, -0.05) is 36.4 Å². The Kier molecular flexibility index (Phi) is 10.0. The van der Waals surface area contributed by atoms with Crippen molar-refractivity contribution in [2.45, 2.75) is 40.3 Å². The Morgan fingerprint density at radius 1 is 0.936 bits per heavy atom. The molecule has 2 aromatic carbocycles. The number of aromatic nitrogens is 4. The second-order valence-electron chi connectivity index (χ2n) is 12.5. The Morgan fingerprint density at radius 2 is 1.62 bits per heavy atom. The summed E-state index contributed by atoms with van der Waals surface area (Å²) in [6.45, 7) is 15.5. The molecular formula is C37H46N8O2. The molecule has 10 heteroatoms. The van der Waals surface area contributed by atoms with Gasteiger partial charge in [0.15, 0.2) is 0 Å². The molecule has 6 rings (SSSR count). The first-order valence-corrected chi connectivity index (χ1v) is 16.7. The number of urea groups is 1. The van der Waals surface area contributed by atoms with Crippen LogP contribution in [0.2, 0.25) is 0 Å². The fraction of sp³-hybridized carbons (Fsp3) is 0.378. The van der Waals surface area contributed by atoms with Gasteiger partial charge in [0.2, 0.25) is 0 Å². The summed E-state index contributed by atoms with van der Waals surface area (Å²) in [5.74, 6) is 0. The third-order valence-electron chi connectivity index (χ3n) is 9.10. The summed E-state index contributed by atoms with van der Waals surface area (Å²) in [6, 6.07) is 21.1. The maximum absolute atomic E-state index is 12.6. The number of aliphatic hydroxyl groups is 1. The number of hydrogen-bond donors (Lipinski definition) is 3. The molecule has 5 aromatic rings. The van der Waals surface area contributed by atoms with Crippen LogP contribution >= 0.6 is 0 Å². The highest BCUT2D eigenvalue weighted by Crippen LogP contribution is 2.37. The number of β-amino-alcohol motifs (C(OH)–C–C–N with tert-alkyl or cyclic N) is 1. The number of benzene rings is 2. The topological polar surface area (TPSA) is 106 Å². The van der Waals surface area contributed by atoms with Crippen LogP contribution in [-0.2, 0) is 6.54 Å². The molecule has 10 nitrogen and oxygen atoms in total. The summed E-state index contributed by atoms with van der Waals surface area (Å²) >= 11 is 0. The Hall–Kier alpha value is -4.51. The van der Waals surface area contributed by atoms with Crippen LogP contribution in [0.1, 0.15) is 39.3 Å². The van der Waals surface area contributed by atoms with E-state index in [1.54, 1.807) is 4.90 Å². The highest BCUT2D eigenvalue weighted by Gasteiger charge is 2.20. The molecule has 47 heavy (non-hydrogen) atoms. The van der Waals surface area contributed by atoms with Crippen LogP contribution in [0.4, 0.5) is 10.5 Å². The molecule has 0 radical (unpaired) electrons. The van der Waals surface area contributed by atoms with Gasteiger partial charge < -0.3 is 20.3 Å². The Balaban J connectivity index is 1.25. The lowest BCUT2D eigenvalue weighted by Crippen LogP contribution is -2.46. The molecule has 0 bridgehead atoms. The van der Waals surface area contributed by atoms with Crippen molar-refractivity contribution in [3.63, 3.8) is 0 Å². The van der Waals surface area contributed by atoms with Gasteiger partial charge in [-0.15, -0.1) is 0 Å². The molecule has 246 valence electrons. The van der Waals surface area contributed by atoms with Crippen molar-refractivity contribution in [1.82, 2.24) is 34.4 Å². The van der Waals surface area contributed by atoms with Gasteiger partial charge >= 0.3 is 6.03 Å². The number of aromatic amines is 1. The van der Waals surface area contributed by atoms with Gasteiger partial charge in [-0.3, -0.25) is 14.5 Å². The molecule has 2 amide bonds. The molecule has 0 atom stereocenters. The molecular weight excluding hydrogens is 588 g/mol. The monoisotopic (exact) mass is 634 g/mol. The summed E-state index contributed by atoms with van der Waals surface area (Å²) in [7, 11) is 0. The minimum absolute atomic E-state index is 0.0991. The lowest BCUT2D eigenvalue weighted by Gasteiger charge is -2.34. The third kappa shape index (κ3) is 7.25. The van der Waals surface area contributed by atoms with Crippen LogP contribution in [0, 0.1) is 0 Å². The largest absolute Gasteiger partial charge is 0.395 e. The van der Waals surface area contributed by atoms with Crippen LogP contribution in [0.25, 0.3) is 44.7 Å². The van der Waals surface area contributed by atoms with Gasteiger partial charge in [0.1, 0.15) is 11.3 Å². The maximum atomic E-state index is 12.6. The van der Waals surface area contributed by atoms with Crippen molar-refractivity contribution < 1.29 is 9.90 Å². The van der Waals surface area contributed by atoms with Crippen LogP contribution in [-0.4, -0.2) is 98.0 Å². The first-order chi connectivity index (χ1) is 22.9. The van der Waals surface area contributed by atoms with E-state index in [9.17, 15) is 9.90 Å². The molecule has 0 saturated carbocycles. The third-order valence-corrected chi connectivity index (χ3v) is 9.10. The molecule has 0 aliphatic carbocycles. The zero-order chi connectivity index (χ0) is 32.9. The number of aliphatic hydroxyl groups excluding tert-OH is 1. The minimum atomic E-state index is -0.0991. The van der Waals surface area contributed by atoms with Gasteiger partial charge in [0.25, 0.3) is 0 Å². The number of H-pyrrole nitrogens is 1. The van der Waals surface area contributed by atoms with E-state index in [4.69, 9.17) is 5.10 Å². The Morgan fingerprint density at radius 3 is 2.28 bits per heavy atom. The molecule has 3 N–H and O–H groups in total. The minimum Gasteiger partial charge on any atom is -0.395 e. The Bertz CT molecular complexity index is 1780. The number of carbonyl (C=O) groups excluding carboxylic acids is 1. The van der Waals surface area contributed by atoms with E-state index in [0.29, 0.717) is 13.1 Å². The van der Waals surface area contributed by atoms with Crippen LogP contribution in [0.5, 0.6) is 0 Å². The van der Waals surface area contributed by atoms with Crippen molar-refractivity contribution in [2.24, 2.45) is 0 Å². The van der Waals surface area contributed by atoms with Gasteiger partial charge in [-0.2, -0.15) is 5.10 Å². The number of amides is 2. The van der Waals surface area contributed by atoms with Crippen molar-refractivity contribution >= 4 is 22.8 Å². The quantitative estimate of drug-likeness (QED) is 0.157. The predicted molar refractivity (Wildman–Crippen MR) is 189 cm³/mol. The van der Waals surface area contributed by atoms with Gasteiger partial charge in [-0.25, -0.2) is 9.78 Å². The molecule has 1 fully saturated rings. The molecule has 0 unspecified atom stereocenters. The zero-order valence-corrected chi connectivity index (χ0v) is 27.9. The zero-order valence-electron chi connectivity index (χ0n) is 27.9. The average molecular weight is 635 g/mol. The second kappa shape index (κ2) is 14.5. The number of anilines is 1. The predicted octanol–water partition coefficient (Wildman–Crippen LogP) is 6.32. The first-order valence-electron chi connectivity index (χ1n) is 16.7. The van der Waals surface area contributed by atoms with E-state index in [1.807, 2.05) is 49.0 Å². The number of fused-ring (bicyclic) bond motifs is 1. The number of hydrogen-bond acceptors (Lipinski definition) is 6. The highest BCUT2D eigenvalue weighted by atomic mass is 16.3. The van der Waals surface area contributed by atoms with E-state index < -0.39 is 0 Å². The first kappa shape index (κ1) is 32.4. The number of nitrogens with zero attached hydrogens (tertiary/aromatic N) is 6. The summed E-state index contributed by atoms with van der Waals surface area (Å²) in [5, 5.41) is 18.3. The maximum Gasteiger partial charge on any atom is 0.321 e. The van der Waals surface area contributed by atoms with Crippen LogP contribution in [0.3, 0.4) is 0 Å². The van der Waals surface area contributed by atoms with E-state index >= 15 is 0 Å². The number of nitrogens with one attached hydrogen (secondary N) is 2. The standard InChI is InChI=1S/C37H46N8O2/c1-5-44(6-2)37(47)39-30-13-11-29(12-14-30)35-33(25-45(41-35)26(3)4)31-15-16-38-36-32(31)23-34(40-36)28-9-7-27(8-10-28)24-43-19-17-42(18-20-43)21-22-46/h7-16,23,25-26,46H,5-6,17-22,24H2,1-4H3,(H,38,40)(H,39,47). The summed E-state index contributed by atoms with van der Waals surface area (Å²) < 4.78 is 2.01. The van der Waals surface area contributed by atoms with Crippen LogP contribution < -0.4 is 5.32 Å². The highest BCUT2D eigenvalue weighted by molar-refractivity contribution is 5.99. The number of pyridine rings is 1. The average Bonchev–Trinajstić information content (AvgIpc) is 3.73. The fourth-order valence-corrected chi connectivity index (χ4v) is 6.27. The van der Waals surface area contributed by atoms with Crippen molar-refractivity contribution in [1.29, 1.82) is 0 Å². The van der Waals surface area contributed by atoms with Gasteiger partial charge in [0, 0.05) is 98.7 Å². The lowest BCUT2D eigenvalue weighted by molar-refractivity contribution is 0.108. The summed E-state index contributed by atoms with van der Waals surface area (Å²) in [5.41, 5.74) is 8.98. The molecule has 0 spiro atoms. The van der Waals surface area contributed by atoms with Gasteiger partial charge in [-0.05, 0) is 68.7 Å². The van der Waals surface area contributed by atoms with Crippen LogP contribution in [0.15, 0.2) is 73.1 Å². The fourth-order valence-electron chi connectivity index (χ4n) is 6.27. The number of piperazine rings is 1. The van der Waals surface area contributed by atoms with Gasteiger partial charge in [0.05, 0.1) is 6.61 Å². The number of carbonyl (C=O) groups is 1. The van der Waals surface area contributed by atoms with E-state index in [1.165, 1.54) is 5.56 Å². The summed E-state index contributed by atoms with van der Waals surface area (Å²) in [6.07, 6.45) is 3.97. The smallest absolute Gasteiger partial charge is 0.321 e. The molecule has 4 heterocycles. The normalized spacial score (nSPS) is 14.3. The second-order valence-corrected chi connectivity index (χ2v) is 12.5. The Labute approximate surface area is 277 Å². The van der Waals surface area contributed by atoms with E-state index in [-0.39, 0.29) is 18.7 Å². The molecule has 3 aromatic heterocycles. The van der Waals surface area contributed by atoms with Crippen molar-refractivity contribution in [3.05, 3.63) is 78.6 Å².